The van der Waals surface area contributed by atoms with E-state index in [9.17, 15) is 14.7 Å². The highest BCUT2D eigenvalue weighted by Gasteiger charge is 2.50. The number of likely N-dealkylation sites (tertiary alicyclic amines) is 1. The Morgan fingerprint density at radius 3 is 2.41 bits per heavy atom. The van der Waals surface area contributed by atoms with Gasteiger partial charge in [-0.05, 0) is 35.7 Å². The number of nitrogens with zero attached hydrogens (tertiary/aromatic N) is 2. The van der Waals surface area contributed by atoms with Crippen molar-refractivity contribution in [3.8, 4) is 0 Å². The molecule has 1 fully saturated rings. The molecule has 0 saturated carbocycles. The first-order valence-electron chi connectivity index (χ1n) is 9.83. The summed E-state index contributed by atoms with van der Waals surface area (Å²) >= 11 is 0. The fourth-order valence-corrected chi connectivity index (χ4v) is 4.02. The van der Waals surface area contributed by atoms with Crippen LogP contribution in [0.3, 0.4) is 0 Å². The number of hydrogen-bond donors (Lipinski definition) is 2. The second-order valence-corrected chi connectivity index (χ2v) is 7.28. The molecule has 0 aliphatic carbocycles. The number of pyridine rings is 1. The minimum absolute atomic E-state index is 0.0344. The Kier molecular flexibility index (Phi) is 6.77. The molecule has 1 aromatic heterocycles. The number of hydrogen-bond acceptors (Lipinski definition) is 4. The van der Waals surface area contributed by atoms with Crippen LogP contribution < -0.4 is 5.32 Å². The normalized spacial score (nSPS) is 21.1. The molecule has 1 aliphatic rings. The molecule has 152 valence electrons. The highest BCUT2D eigenvalue weighted by molar-refractivity contribution is 5.81. The fourth-order valence-electron chi connectivity index (χ4n) is 4.02. The predicted octanol–water partition coefficient (Wildman–Crippen LogP) is 2.15. The van der Waals surface area contributed by atoms with Crippen LogP contribution in [0, 0.1) is 0 Å². The average Bonchev–Trinajstić information content (AvgIpc) is 2.69. The van der Waals surface area contributed by atoms with Crippen LogP contribution in [-0.2, 0) is 16.0 Å². The Labute approximate surface area is 171 Å². The van der Waals surface area contributed by atoms with Crippen molar-refractivity contribution in [2.45, 2.75) is 38.3 Å². The van der Waals surface area contributed by atoms with Crippen molar-refractivity contribution in [2.75, 3.05) is 13.2 Å². The largest absolute Gasteiger partial charge is 0.394 e. The lowest BCUT2D eigenvalue weighted by molar-refractivity contribution is -0.150. The number of aliphatic hydroxyl groups excluding tert-OH is 1. The molecule has 0 unspecified atom stereocenters. The highest BCUT2D eigenvalue weighted by atomic mass is 16.3. The van der Waals surface area contributed by atoms with Gasteiger partial charge in [0.15, 0.2) is 0 Å². The second-order valence-electron chi connectivity index (χ2n) is 7.28. The summed E-state index contributed by atoms with van der Waals surface area (Å²) in [6, 6.07) is 11.2. The van der Waals surface area contributed by atoms with E-state index >= 15 is 0 Å². The summed E-state index contributed by atoms with van der Waals surface area (Å²) in [5, 5.41) is 12.9. The lowest BCUT2D eigenvalue weighted by Gasteiger charge is -2.55. The Morgan fingerprint density at radius 2 is 1.83 bits per heavy atom. The number of allylic oxidation sites excluding steroid dienone is 1. The third kappa shape index (κ3) is 4.71. The number of carbonyl (C=O) groups excluding carboxylic acids is 2. The maximum absolute atomic E-state index is 13.0. The zero-order valence-electron chi connectivity index (χ0n) is 16.8. The summed E-state index contributed by atoms with van der Waals surface area (Å²) in [6.07, 6.45) is 7.56. The molecule has 1 saturated heterocycles. The molecule has 2 amide bonds. The van der Waals surface area contributed by atoms with E-state index in [-0.39, 0.29) is 42.8 Å². The van der Waals surface area contributed by atoms with E-state index in [1.54, 1.807) is 17.3 Å². The molecule has 2 N–H and O–H groups in total. The second kappa shape index (κ2) is 9.47. The van der Waals surface area contributed by atoms with Gasteiger partial charge in [-0.3, -0.25) is 14.6 Å². The lowest BCUT2D eigenvalue weighted by atomic mass is 9.74. The SMILES string of the molecule is C/C=C/c1ccc([C@@H]2[C@H](CO)N(C(=O)Cc3ccncc3)[C@H]2CNC(C)=O)cc1. The van der Waals surface area contributed by atoms with Gasteiger partial charge in [0, 0.05) is 31.8 Å². The third-order valence-electron chi connectivity index (χ3n) is 5.36. The van der Waals surface area contributed by atoms with Gasteiger partial charge in [-0.25, -0.2) is 0 Å². The molecule has 6 heteroatoms. The van der Waals surface area contributed by atoms with Crippen LogP contribution in [0.2, 0.25) is 0 Å². The maximum Gasteiger partial charge on any atom is 0.227 e. The van der Waals surface area contributed by atoms with Gasteiger partial charge in [-0.1, -0.05) is 36.4 Å². The first kappa shape index (κ1) is 20.7. The smallest absolute Gasteiger partial charge is 0.227 e. The van der Waals surface area contributed by atoms with E-state index in [0.29, 0.717) is 6.54 Å². The summed E-state index contributed by atoms with van der Waals surface area (Å²) in [5.74, 6) is -0.235. The molecule has 3 rings (SSSR count). The number of rotatable bonds is 7. The van der Waals surface area contributed by atoms with E-state index in [1.807, 2.05) is 55.5 Å². The van der Waals surface area contributed by atoms with Crippen LogP contribution in [0.4, 0.5) is 0 Å². The third-order valence-corrected chi connectivity index (χ3v) is 5.36. The molecule has 2 aromatic rings. The Morgan fingerprint density at radius 1 is 1.14 bits per heavy atom. The molecule has 0 radical (unpaired) electrons. The monoisotopic (exact) mass is 393 g/mol. The van der Waals surface area contributed by atoms with Crippen LogP contribution in [0.25, 0.3) is 6.08 Å². The predicted molar refractivity (Wildman–Crippen MR) is 112 cm³/mol. The summed E-state index contributed by atoms with van der Waals surface area (Å²) in [5.41, 5.74) is 3.03. The van der Waals surface area contributed by atoms with E-state index in [2.05, 4.69) is 10.3 Å². The number of aromatic nitrogens is 1. The average molecular weight is 393 g/mol. The fraction of sp³-hybridized carbons (Fsp3) is 0.348. The number of benzene rings is 1. The molecule has 1 aromatic carbocycles. The Bertz CT molecular complexity index is 865. The summed E-state index contributed by atoms with van der Waals surface area (Å²) in [7, 11) is 0. The van der Waals surface area contributed by atoms with Gasteiger partial charge >= 0.3 is 0 Å². The maximum atomic E-state index is 13.0. The summed E-state index contributed by atoms with van der Waals surface area (Å²) in [4.78, 5) is 30.2. The standard InChI is InChI=1S/C23H27N3O3/c1-3-4-17-5-7-19(8-6-17)23-20(14-25-16(2)28)26(21(23)15-27)22(29)13-18-9-11-24-12-10-18/h3-12,20-21,23,27H,13-15H2,1-2H3,(H,25,28)/b4-3+/t20-,21-,23-/m0/s1. The van der Waals surface area contributed by atoms with Crippen LogP contribution >= 0.6 is 0 Å². The van der Waals surface area contributed by atoms with Gasteiger partial charge in [0.2, 0.25) is 11.8 Å². The van der Waals surface area contributed by atoms with Gasteiger partial charge < -0.3 is 15.3 Å². The van der Waals surface area contributed by atoms with Crippen LogP contribution in [0.1, 0.15) is 36.5 Å². The zero-order valence-corrected chi connectivity index (χ0v) is 16.8. The van der Waals surface area contributed by atoms with Gasteiger partial charge in [-0.2, -0.15) is 0 Å². The van der Waals surface area contributed by atoms with Crippen molar-refractivity contribution in [1.82, 2.24) is 15.2 Å². The minimum atomic E-state index is -0.310. The van der Waals surface area contributed by atoms with E-state index < -0.39 is 0 Å². The quantitative estimate of drug-likeness (QED) is 0.755. The van der Waals surface area contributed by atoms with Crippen molar-refractivity contribution in [3.63, 3.8) is 0 Å². The first-order valence-corrected chi connectivity index (χ1v) is 9.83. The number of amides is 2. The lowest BCUT2D eigenvalue weighted by Crippen LogP contribution is -2.68. The molecule has 0 spiro atoms. The molecule has 1 aliphatic heterocycles. The summed E-state index contributed by atoms with van der Waals surface area (Å²) < 4.78 is 0. The van der Waals surface area contributed by atoms with Gasteiger partial charge in [0.1, 0.15) is 0 Å². The minimum Gasteiger partial charge on any atom is -0.394 e. The molecular weight excluding hydrogens is 366 g/mol. The van der Waals surface area contributed by atoms with Crippen LogP contribution in [0.5, 0.6) is 0 Å². The van der Waals surface area contributed by atoms with Crippen molar-refractivity contribution in [2.24, 2.45) is 0 Å². The van der Waals surface area contributed by atoms with Crippen molar-refractivity contribution in [3.05, 3.63) is 71.6 Å². The molecule has 6 nitrogen and oxygen atoms in total. The number of aliphatic hydroxyl groups is 1. The Hall–Kier alpha value is -2.99. The van der Waals surface area contributed by atoms with E-state index in [4.69, 9.17) is 0 Å². The van der Waals surface area contributed by atoms with Gasteiger partial charge in [0.25, 0.3) is 0 Å². The van der Waals surface area contributed by atoms with Crippen molar-refractivity contribution < 1.29 is 14.7 Å². The van der Waals surface area contributed by atoms with E-state index in [1.165, 1.54) is 6.92 Å². The van der Waals surface area contributed by atoms with Crippen LogP contribution in [0.15, 0.2) is 54.9 Å². The molecule has 3 atom stereocenters. The molecule has 29 heavy (non-hydrogen) atoms. The number of nitrogens with one attached hydrogen (secondary N) is 1. The molecule has 0 bridgehead atoms. The highest BCUT2D eigenvalue weighted by Crippen LogP contribution is 2.41. The van der Waals surface area contributed by atoms with Crippen molar-refractivity contribution in [1.29, 1.82) is 0 Å². The zero-order chi connectivity index (χ0) is 20.8. The van der Waals surface area contributed by atoms with Crippen molar-refractivity contribution >= 4 is 17.9 Å². The number of carbonyl (C=O) groups is 2. The summed E-state index contributed by atoms with van der Waals surface area (Å²) in [6.45, 7) is 3.67. The van der Waals surface area contributed by atoms with E-state index in [0.717, 1.165) is 16.7 Å². The topological polar surface area (TPSA) is 82.5 Å². The first-order chi connectivity index (χ1) is 14.0. The Balaban J connectivity index is 1.83. The van der Waals surface area contributed by atoms with Gasteiger partial charge in [-0.15, -0.1) is 0 Å². The van der Waals surface area contributed by atoms with Crippen LogP contribution in [-0.4, -0.2) is 52.0 Å². The van der Waals surface area contributed by atoms with Gasteiger partial charge in [0.05, 0.1) is 25.1 Å². The molecule has 2 heterocycles. The molecular formula is C23H27N3O3.